The van der Waals surface area contributed by atoms with Gasteiger partial charge in [-0.2, -0.15) is 0 Å². The van der Waals surface area contributed by atoms with E-state index in [4.69, 9.17) is 4.74 Å². The zero-order valence-corrected chi connectivity index (χ0v) is 11.8. The third-order valence-electron chi connectivity index (χ3n) is 3.21. The Hall–Kier alpha value is -1.49. The maximum atomic E-state index is 11.6. The highest BCUT2D eigenvalue weighted by Crippen LogP contribution is 2.33. The average molecular weight is 276 g/mol. The summed E-state index contributed by atoms with van der Waals surface area (Å²) < 4.78 is 7.20. The van der Waals surface area contributed by atoms with E-state index in [1.807, 2.05) is 18.2 Å². The summed E-state index contributed by atoms with van der Waals surface area (Å²) in [5, 5.41) is 0.786. The topological polar surface area (TPSA) is 44.1 Å². The third-order valence-corrected chi connectivity index (χ3v) is 4.43. The van der Waals surface area contributed by atoms with Crippen molar-refractivity contribution in [2.75, 3.05) is 6.61 Å². The van der Waals surface area contributed by atoms with Crippen LogP contribution in [0.4, 0.5) is 0 Å². The maximum Gasteiger partial charge on any atom is 0.319 e. The predicted molar refractivity (Wildman–Crippen MR) is 75.3 cm³/mol. The molecule has 0 saturated carbocycles. The van der Waals surface area contributed by atoms with Gasteiger partial charge in [0.05, 0.1) is 17.6 Å². The van der Waals surface area contributed by atoms with E-state index in [0.29, 0.717) is 12.6 Å². The number of ether oxygens (including phenoxy) is 1. The van der Waals surface area contributed by atoms with E-state index in [1.54, 1.807) is 0 Å². The lowest BCUT2D eigenvalue weighted by atomic mass is 10.3. The molecule has 4 nitrogen and oxygen atoms in total. The van der Waals surface area contributed by atoms with Crippen molar-refractivity contribution < 1.29 is 9.53 Å². The fourth-order valence-electron chi connectivity index (χ4n) is 2.32. The predicted octanol–water partition coefficient (Wildman–Crippen LogP) is 3.02. The van der Waals surface area contributed by atoms with Crippen LogP contribution >= 0.6 is 11.8 Å². The number of benzene rings is 1. The van der Waals surface area contributed by atoms with Gasteiger partial charge in [0.2, 0.25) is 0 Å². The number of thioether (sulfide) groups is 1. The second kappa shape index (κ2) is 4.89. The van der Waals surface area contributed by atoms with E-state index in [9.17, 15) is 4.79 Å². The van der Waals surface area contributed by atoms with E-state index in [-0.39, 0.29) is 11.2 Å². The Bertz CT molecular complexity index is 621. The number of esters is 1. The summed E-state index contributed by atoms with van der Waals surface area (Å²) in [6.45, 7) is 4.79. The number of aromatic nitrogens is 2. The molecule has 0 bridgehead atoms. The lowest BCUT2D eigenvalue weighted by molar-refractivity contribution is -0.137. The molecule has 0 radical (unpaired) electrons. The summed E-state index contributed by atoms with van der Waals surface area (Å²) >= 11 is 1.52. The quantitative estimate of drug-likeness (QED) is 0.808. The molecular formula is C14H16N2O2S. The van der Waals surface area contributed by atoms with Crippen LogP contribution in [-0.4, -0.2) is 27.4 Å². The van der Waals surface area contributed by atoms with Crippen molar-refractivity contribution in [3.05, 3.63) is 24.3 Å². The monoisotopic (exact) mass is 276 g/mol. The number of hydrogen-bond acceptors (Lipinski definition) is 4. The van der Waals surface area contributed by atoms with Crippen molar-refractivity contribution in [1.82, 2.24) is 9.55 Å². The first-order valence-corrected chi connectivity index (χ1v) is 7.35. The number of fused-ring (bicyclic) bond motifs is 1. The Labute approximate surface area is 116 Å². The molecule has 1 aromatic carbocycles. The van der Waals surface area contributed by atoms with Gasteiger partial charge in [-0.05, 0) is 26.0 Å². The van der Waals surface area contributed by atoms with Gasteiger partial charge < -0.3 is 9.30 Å². The summed E-state index contributed by atoms with van der Waals surface area (Å²) in [6.07, 6.45) is 0.769. The second-order valence-electron chi connectivity index (χ2n) is 4.91. The van der Waals surface area contributed by atoms with Crippen molar-refractivity contribution in [3.63, 3.8) is 0 Å². The largest absolute Gasteiger partial charge is 0.465 e. The molecule has 0 amide bonds. The highest BCUT2D eigenvalue weighted by Gasteiger charge is 2.29. The zero-order valence-electron chi connectivity index (χ0n) is 11.0. The molecule has 100 valence electrons. The van der Waals surface area contributed by atoms with Crippen molar-refractivity contribution >= 4 is 28.8 Å². The summed E-state index contributed by atoms with van der Waals surface area (Å²) in [5.74, 6) is -0.118. The minimum Gasteiger partial charge on any atom is -0.465 e. The maximum absolute atomic E-state index is 11.6. The number of imidazole rings is 1. The Kier molecular flexibility index (Phi) is 3.22. The molecular weight excluding hydrogens is 260 g/mol. The first kappa shape index (κ1) is 12.5. The van der Waals surface area contributed by atoms with Gasteiger partial charge >= 0.3 is 5.97 Å². The molecule has 3 rings (SSSR count). The van der Waals surface area contributed by atoms with Crippen LogP contribution in [0, 0.1) is 0 Å². The molecule has 1 aliphatic rings. The number of carbonyl (C=O) groups excluding carboxylic acids is 1. The zero-order chi connectivity index (χ0) is 13.4. The van der Waals surface area contributed by atoms with Crippen molar-refractivity contribution in [1.29, 1.82) is 0 Å². The Morgan fingerprint density at radius 2 is 2.21 bits per heavy atom. The first-order valence-electron chi connectivity index (χ1n) is 6.47. The van der Waals surface area contributed by atoms with E-state index in [0.717, 1.165) is 22.6 Å². The fourth-order valence-corrected chi connectivity index (χ4v) is 3.52. The summed E-state index contributed by atoms with van der Waals surface area (Å²) in [5.41, 5.74) is 2.09. The van der Waals surface area contributed by atoms with Crippen LogP contribution in [0.2, 0.25) is 0 Å². The van der Waals surface area contributed by atoms with E-state index >= 15 is 0 Å². The van der Waals surface area contributed by atoms with Crippen LogP contribution < -0.4 is 0 Å². The number of para-hydroxylation sites is 2. The molecule has 1 aromatic heterocycles. The van der Waals surface area contributed by atoms with Gasteiger partial charge in [0.25, 0.3) is 0 Å². The Morgan fingerprint density at radius 1 is 1.42 bits per heavy atom. The van der Waals surface area contributed by atoms with E-state index in [1.165, 1.54) is 11.8 Å². The fraction of sp³-hybridized carbons (Fsp3) is 0.429. The van der Waals surface area contributed by atoms with Gasteiger partial charge in [0.15, 0.2) is 5.16 Å². The van der Waals surface area contributed by atoms with E-state index in [2.05, 4.69) is 29.5 Å². The summed E-state index contributed by atoms with van der Waals surface area (Å²) in [7, 11) is 0. The van der Waals surface area contributed by atoms with Gasteiger partial charge in [0, 0.05) is 12.5 Å². The van der Waals surface area contributed by atoms with Crippen molar-refractivity contribution in [3.8, 4) is 0 Å². The van der Waals surface area contributed by atoms with Crippen LogP contribution in [0.5, 0.6) is 0 Å². The number of cyclic esters (lactones) is 1. The van der Waals surface area contributed by atoms with Gasteiger partial charge in [-0.1, -0.05) is 23.9 Å². The molecule has 0 spiro atoms. The Morgan fingerprint density at radius 3 is 2.89 bits per heavy atom. The average Bonchev–Trinajstić information content (AvgIpc) is 2.93. The second-order valence-corrected chi connectivity index (χ2v) is 6.08. The van der Waals surface area contributed by atoms with Crippen molar-refractivity contribution in [2.45, 2.75) is 36.7 Å². The molecule has 2 heterocycles. The molecule has 0 aliphatic carbocycles. The molecule has 5 heteroatoms. The molecule has 2 aromatic rings. The first-order chi connectivity index (χ1) is 9.16. The van der Waals surface area contributed by atoms with E-state index < -0.39 is 0 Å². The smallest absolute Gasteiger partial charge is 0.319 e. The van der Waals surface area contributed by atoms with Gasteiger partial charge in [0.1, 0.15) is 5.25 Å². The van der Waals surface area contributed by atoms with Crippen LogP contribution in [-0.2, 0) is 9.53 Å². The highest BCUT2D eigenvalue weighted by molar-refractivity contribution is 8.00. The Balaban J connectivity index is 2.02. The van der Waals surface area contributed by atoms with Crippen LogP contribution in [0.15, 0.2) is 29.4 Å². The number of nitrogens with zero attached hydrogens (tertiary/aromatic N) is 2. The highest BCUT2D eigenvalue weighted by atomic mass is 32.2. The van der Waals surface area contributed by atoms with Crippen LogP contribution in [0.1, 0.15) is 26.3 Å². The normalized spacial score (nSPS) is 19.3. The summed E-state index contributed by atoms with van der Waals surface area (Å²) in [6, 6.07) is 8.39. The molecule has 1 aliphatic heterocycles. The van der Waals surface area contributed by atoms with Gasteiger partial charge in [-0.25, -0.2) is 4.98 Å². The lowest BCUT2D eigenvalue weighted by Gasteiger charge is -2.13. The summed E-state index contributed by atoms with van der Waals surface area (Å²) in [4.78, 5) is 16.2. The molecule has 0 N–H and O–H groups in total. The molecule has 1 fully saturated rings. The van der Waals surface area contributed by atoms with Crippen molar-refractivity contribution in [2.24, 2.45) is 0 Å². The molecule has 1 saturated heterocycles. The molecule has 1 atom stereocenters. The molecule has 0 unspecified atom stereocenters. The number of hydrogen-bond donors (Lipinski definition) is 0. The number of rotatable bonds is 3. The SMILES string of the molecule is CC(C)n1c(S[C@@H]2CCOC2=O)nc2ccccc21. The third kappa shape index (κ3) is 2.23. The standard InChI is InChI=1S/C14H16N2O2S/c1-9(2)16-11-6-4-3-5-10(11)15-14(16)19-12-7-8-18-13(12)17/h3-6,9,12H,7-8H2,1-2H3/t12-/m1/s1. The minimum absolute atomic E-state index is 0.116. The minimum atomic E-state index is -0.118. The van der Waals surface area contributed by atoms with Gasteiger partial charge in [-0.15, -0.1) is 0 Å². The van der Waals surface area contributed by atoms with Crippen LogP contribution in [0.25, 0.3) is 11.0 Å². The lowest BCUT2D eigenvalue weighted by Crippen LogP contribution is -2.12. The van der Waals surface area contributed by atoms with Gasteiger partial charge in [-0.3, -0.25) is 4.79 Å². The molecule has 19 heavy (non-hydrogen) atoms. The number of carbonyl (C=O) groups is 1. The van der Waals surface area contributed by atoms with Crippen LogP contribution in [0.3, 0.4) is 0 Å².